The zero-order valence-corrected chi connectivity index (χ0v) is 9.72. The molecule has 0 heterocycles. The van der Waals surface area contributed by atoms with Crippen LogP contribution in [0.5, 0.6) is 0 Å². The number of nitrogens with zero attached hydrogens (tertiary/aromatic N) is 1. The van der Waals surface area contributed by atoms with Crippen LogP contribution in [-0.2, 0) is 0 Å². The van der Waals surface area contributed by atoms with Crippen molar-refractivity contribution in [3.8, 4) is 0 Å². The van der Waals surface area contributed by atoms with E-state index in [0.29, 0.717) is 17.9 Å². The highest BCUT2D eigenvalue weighted by Gasteiger charge is 2.23. The van der Waals surface area contributed by atoms with Gasteiger partial charge in [0, 0.05) is 12.2 Å². The highest BCUT2D eigenvalue weighted by Crippen LogP contribution is 2.23. The highest BCUT2D eigenvalue weighted by atomic mass is 32.2. The van der Waals surface area contributed by atoms with Crippen LogP contribution in [0, 0.1) is 21.7 Å². The van der Waals surface area contributed by atoms with Gasteiger partial charge in [-0.15, -0.1) is 0 Å². The first-order chi connectivity index (χ1) is 7.97. The minimum absolute atomic E-state index is 0.0487. The molecule has 17 heavy (non-hydrogen) atoms. The van der Waals surface area contributed by atoms with E-state index in [-0.39, 0.29) is 12.0 Å². The predicted octanol–water partition coefficient (Wildman–Crippen LogP) is 2.81. The Kier molecular flexibility index (Phi) is 4.56. The maximum absolute atomic E-state index is 13.0. The molecular weight excluding hydrogens is 252 g/mol. The molecule has 0 fully saturated rings. The maximum atomic E-state index is 13.0. The number of thioether (sulfide) groups is 1. The number of hydrogen-bond acceptors (Lipinski definition) is 4. The lowest BCUT2D eigenvalue weighted by atomic mass is 10.1. The third kappa shape index (κ3) is 3.23. The summed E-state index contributed by atoms with van der Waals surface area (Å²) in [6.07, 6.45) is 1.82. The average molecular weight is 261 g/mol. The number of hydrogen-bond donors (Lipinski definition) is 0. The molecule has 0 amide bonds. The third-order valence-electron chi connectivity index (χ3n) is 2.07. The number of ketones is 1. The molecule has 0 saturated carbocycles. The van der Waals surface area contributed by atoms with E-state index in [0.717, 1.165) is 0 Å². The SMILES string of the molecule is CSCCC(=O)c1cc(F)c(F)cc1[N+](=O)[O-]. The first kappa shape index (κ1) is 13.6. The quantitative estimate of drug-likeness (QED) is 0.464. The van der Waals surface area contributed by atoms with Crippen molar-refractivity contribution in [2.24, 2.45) is 0 Å². The molecule has 1 aromatic rings. The molecule has 0 aliphatic carbocycles. The molecule has 0 spiro atoms. The standard InChI is InChI=1S/C10H9F2NO3S/c1-17-3-2-10(14)6-4-7(11)8(12)5-9(6)13(15)16/h4-5H,2-3H2,1H3. The average Bonchev–Trinajstić information content (AvgIpc) is 2.28. The lowest BCUT2D eigenvalue weighted by Crippen LogP contribution is -2.06. The number of carbonyl (C=O) groups excluding carboxylic acids is 1. The van der Waals surface area contributed by atoms with Gasteiger partial charge in [0.2, 0.25) is 0 Å². The van der Waals surface area contributed by atoms with Crippen molar-refractivity contribution in [2.45, 2.75) is 6.42 Å². The van der Waals surface area contributed by atoms with E-state index >= 15 is 0 Å². The van der Waals surface area contributed by atoms with Gasteiger partial charge in [-0.3, -0.25) is 14.9 Å². The van der Waals surface area contributed by atoms with Gasteiger partial charge in [0.25, 0.3) is 5.69 Å². The molecule has 92 valence electrons. The van der Waals surface area contributed by atoms with Gasteiger partial charge in [-0.2, -0.15) is 11.8 Å². The van der Waals surface area contributed by atoms with Crippen LogP contribution in [0.1, 0.15) is 16.8 Å². The van der Waals surface area contributed by atoms with Crippen LogP contribution >= 0.6 is 11.8 Å². The maximum Gasteiger partial charge on any atom is 0.283 e. The van der Waals surface area contributed by atoms with E-state index in [1.807, 2.05) is 0 Å². The van der Waals surface area contributed by atoms with Crippen molar-refractivity contribution >= 4 is 23.2 Å². The third-order valence-corrected chi connectivity index (χ3v) is 2.68. The van der Waals surface area contributed by atoms with E-state index in [9.17, 15) is 23.7 Å². The summed E-state index contributed by atoms with van der Waals surface area (Å²) in [6, 6.07) is 1.01. The molecule has 1 rings (SSSR count). The zero-order chi connectivity index (χ0) is 13.0. The minimum Gasteiger partial charge on any atom is -0.294 e. The Hall–Kier alpha value is -1.50. The number of nitro groups is 1. The van der Waals surface area contributed by atoms with Gasteiger partial charge >= 0.3 is 0 Å². The number of rotatable bonds is 5. The summed E-state index contributed by atoms with van der Waals surface area (Å²) >= 11 is 1.39. The Labute approximate surface area is 100 Å². The number of halogens is 2. The summed E-state index contributed by atoms with van der Waals surface area (Å²) in [5.41, 5.74) is -1.09. The molecule has 7 heteroatoms. The monoisotopic (exact) mass is 261 g/mol. The summed E-state index contributed by atoms with van der Waals surface area (Å²) in [4.78, 5) is 21.3. The normalized spacial score (nSPS) is 10.3. The Morgan fingerprint density at radius 2 is 2.00 bits per heavy atom. The van der Waals surface area contributed by atoms with E-state index < -0.39 is 28.0 Å². The fraction of sp³-hybridized carbons (Fsp3) is 0.300. The lowest BCUT2D eigenvalue weighted by molar-refractivity contribution is -0.385. The molecule has 0 aliphatic heterocycles. The van der Waals surface area contributed by atoms with Crippen LogP contribution in [0.2, 0.25) is 0 Å². The van der Waals surface area contributed by atoms with Crippen molar-refractivity contribution in [2.75, 3.05) is 12.0 Å². The van der Waals surface area contributed by atoms with Gasteiger partial charge in [-0.1, -0.05) is 0 Å². The van der Waals surface area contributed by atoms with Gasteiger partial charge in [0.1, 0.15) is 0 Å². The van der Waals surface area contributed by atoms with Crippen molar-refractivity contribution < 1.29 is 18.5 Å². The Morgan fingerprint density at radius 1 is 1.41 bits per heavy atom. The summed E-state index contributed by atoms with van der Waals surface area (Å²) in [5, 5.41) is 10.6. The van der Waals surface area contributed by atoms with E-state index in [1.54, 1.807) is 6.26 Å². The molecule has 0 atom stereocenters. The van der Waals surface area contributed by atoms with Crippen LogP contribution in [0.3, 0.4) is 0 Å². The van der Waals surface area contributed by atoms with Crippen molar-refractivity contribution in [3.05, 3.63) is 39.4 Å². The second-order valence-corrected chi connectivity index (χ2v) is 4.19. The first-order valence-electron chi connectivity index (χ1n) is 4.63. The second kappa shape index (κ2) is 5.72. The van der Waals surface area contributed by atoms with Crippen molar-refractivity contribution in [1.82, 2.24) is 0 Å². The van der Waals surface area contributed by atoms with Crippen LogP contribution in [0.15, 0.2) is 12.1 Å². The smallest absolute Gasteiger partial charge is 0.283 e. The van der Waals surface area contributed by atoms with Crippen molar-refractivity contribution in [3.63, 3.8) is 0 Å². The summed E-state index contributed by atoms with van der Waals surface area (Å²) < 4.78 is 25.8. The molecule has 0 aromatic heterocycles. The van der Waals surface area contributed by atoms with Gasteiger partial charge < -0.3 is 0 Å². The molecule has 0 radical (unpaired) electrons. The second-order valence-electron chi connectivity index (χ2n) is 3.21. The van der Waals surface area contributed by atoms with E-state index in [4.69, 9.17) is 0 Å². The minimum atomic E-state index is -1.34. The topological polar surface area (TPSA) is 60.2 Å². The highest BCUT2D eigenvalue weighted by molar-refractivity contribution is 7.98. The molecule has 0 unspecified atom stereocenters. The molecule has 1 aromatic carbocycles. The Bertz CT molecular complexity index is 465. The largest absolute Gasteiger partial charge is 0.294 e. The van der Waals surface area contributed by atoms with Gasteiger partial charge in [0.15, 0.2) is 17.4 Å². The van der Waals surface area contributed by atoms with Gasteiger partial charge in [-0.25, -0.2) is 8.78 Å². The molecule has 0 N–H and O–H groups in total. The number of benzene rings is 1. The molecule has 0 saturated heterocycles. The Morgan fingerprint density at radius 3 is 2.53 bits per heavy atom. The summed E-state index contributed by atoms with van der Waals surface area (Å²) in [6.45, 7) is 0. The van der Waals surface area contributed by atoms with Gasteiger partial charge in [0.05, 0.1) is 16.6 Å². The van der Waals surface area contributed by atoms with Gasteiger partial charge in [-0.05, 0) is 12.3 Å². The number of carbonyl (C=O) groups is 1. The fourth-order valence-corrected chi connectivity index (χ4v) is 1.63. The molecule has 0 bridgehead atoms. The van der Waals surface area contributed by atoms with Crippen LogP contribution in [-0.4, -0.2) is 22.7 Å². The molecule has 0 aliphatic rings. The lowest BCUT2D eigenvalue weighted by Gasteiger charge is -2.02. The number of nitro benzene ring substituents is 1. The first-order valence-corrected chi connectivity index (χ1v) is 6.02. The van der Waals surface area contributed by atoms with E-state index in [1.165, 1.54) is 11.8 Å². The zero-order valence-electron chi connectivity index (χ0n) is 8.91. The fourth-order valence-electron chi connectivity index (χ4n) is 1.24. The summed E-state index contributed by atoms with van der Waals surface area (Å²) in [7, 11) is 0. The van der Waals surface area contributed by atoms with Crippen LogP contribution in [0.4, 0.5) is 14.5 Å². The predicted molar refractivity (Wildman–Crippen MR) is 60.3 cm³/mol. The van der Waals surface area contributed by atoms with Crippen LogP contribution < -0.4 is 0 Å². The summed E-state index contributed by atoms with van der Waals surface area (Å²) in [5.74, 6) is -2.69. The number of Topliss-reactive ketones (excluding diaryl/α,β-unsaturated/α-hetero) is 1. The van der Waals surface area contributed by atoms with Crippen molar-refractivity contribution in [1.29, 1.82) is 0 Å². The van der Waals surface area contributed by atoms with Crippen LogP contribution in [0.25, 0.3) is 0 Å². The molecular formula is C10H9F2NO3S. The van der Waals surface area contributed by atoms with E-state index in [2.05, 4.69) is 0 Å². The molecule has 4 nitrogen and oxygen atoms in total. The Balaban J connectivity index is 3.16.